The maximum absolute atomic E-state index is 11.2. The number of aliphatic hydroxyl groups is 1. The van der Waals surface area contributed by atoms with E-state index in [0.717, 1.165) is 12.8 Å². The van der Waals surface area contributed by atoms with Gasteiger partial charge in [-0.3, -0.25) is 4.79 Å². The maximum atomic E-state index is 11.2. The lowest BCUT2D eigenvalue weighted by atomic mass is 9.52. The lowest BCUT2D eigenvalue weighted by molar-refractivity contribution is -0.232. The van der Waals surface area contributed by atoms with Crippen molar-refractivity contribution in [3.63, 3.8) is 0 Å². The molecule has 4 nitrogen and oxygen atoms in total. The third-order valence-electron chi connectivity index (χ3n) is 6.06. The Morgan fingerprint density at radius 2 is 2.19 bits per heavy atom. The minimum absolute atomic E-state index is 0.0699. The molecule has 118 valence electrons. The van der Waals surface area contributed by atoms with Crippen LogP contribution in [-0.4, -0.2) is 29.6 Å². The van der Waals surface area contributed by atoms with Crippen LogP contribution < -0.4 is 0 Å². The highest BCUT2D eigenvalue weighted by molar-refractivity contribution is 5.66. The van der Waals surface area contributed by atoms with Crippen LogP contribution in [-0.2, 0) is 14.3 Å². The lowest BCUT2D eigenvalue weighted by Gasteiger charge is -2.55. The molecular formula is C17H26O4. The molecule has 1 N–H and O–H groups in total. The molecule has 0 amide bonds. The van der Waals surface area contributed by atoms with Gasteiger partial charge in [-0.15, -0.1) is 0 Å². The van der Waals surface area contributed by atoms with E-state index in [9.17, 15) is 9.90 Å². The molecule has 0 unspecified atom stereocenters. The highest BCUT2D eigenvalue weighted by Gasteiger charge is 2.61. The second kappa shape index (κ2) is 4.82. The molecule has 0 bridgehead atoms. The average Bonchev–Trinajstić information content (AvgIpc) is 2.68. The summed E-state index contributed by atoms with van der Waals surface area (Å²) in [5.74, 6) is -0.385. The van der Waals surface area contributed by atoms with Gasteiger partial charge in [-0.2, -0.15) is 0 Å². The van der Waals surface area contributed by atoms with Crippen LogP contribution in [0.2, 0.25) is 0 Å². The standard InChI is InChI=1S/C17H26O4/c1-10-9-20-17(19)6-5-13-8-14(21-12(3)18)7-11(2)16(13,4)15(10)17/h8,10-11,14-15,19H,5-7,9H2,1-4H3/t10-,11+,14-,15-,16-,17+/m1/s1. The zero-order chi connectivity index (χ0) is 15.4. The van der Waals surface area contributed by atoms with Crippen LogP contribution in [0.15, 0.2) is 11.6 Å². The second-order valence-corrected chi connectivity index (χ2v) is 7.37. The smallest absolute Gasteiger partial charge is 0.303 e. The molecule has 0 aromatic carbocycles. The fourth-order valence-corrected chi connectivity index (χ4v) is 5.04. The largest absolute Gasteiger partial charge is 0.458 e. The van der Waals surface area contributed by atoms with Crippen LogP contribution >= 0.6 is 0 Å². The monoisotopic (exact) mass is 294 g/mol. The molecule has 2 fully saturated rings. The number of hydrogen-bond acceptors (Lipinski definition) is 4. The quantitative estimate of drug-likeness (QED) is 0.597. The van der Waals surface area contributed by atoms with Gasteiger partial charge in [0.05, 0.1) is 6.61 Å². The molecule has 0 aromatic heterocycles. The van der Waals surface area contributed by atoms with Crippen LogP contribution in [0.3, 0.4) is 0 Å². The predicted molar refractivity (Wildman–Crippen MR) is 78.3 cm³/mol. The van der Waals surface area contributed by atoms with Crippen LogP contribution in [0.25, 0.3) is 0 Å². The Morgan fingerprint density at radius 3 is 2.86 bits per heavy atom. The fraction of sp³-hybridized carbons (Fsp3) is 0.824. The Bertz CT molecular complexity index is 485. The number of rotatable bonds is 1. The molecule has 1 saturated carbocycles. The van der Waals surface area contributed by atoms with Crippen molar-refractivity contribution in [2.45, 2.75) is 58.8 Å². The summed E-state index contributed by atoms with van der Waals surface area (Å²) in [5, 5.41) is 10.9. The van der Waals surface area contributed by atoms with Crippen LogP contribution in [0.1, 0.15) is 47.0 Å². The third kappa shape index (κ3) is 2.15. The molecule has 1 aliphatic heterocycles. The van der Waals surface area contributed by atoms with Gasteiger partial charge in [-0.25, -0.2) is 0 Å². The van der Waals surface area contributed by atoms with Crippen molar-refractivity contribution in [1.29, 1.82) is 0 Å². The molecule has 3 rings (SSSR count). The Kier molecular flexibility index (Phi) is 3.45. The van der Waals surface area contributed by atoms with Gasteiger partial charge in [0, 0.05) is 19.3 Å². The number of allylic oxidation sites excluding steroid dienone is 1. The number of carbonyl (C=O) groups excluding carboxylic acids is 1. The Balaban J connectivity index is 1.97. The SMILES string of the molecule is CC(=O)O[C@H]1C=C2CC[C@]3(O)OC[C@@H](C)[C@@H]3[C@]2(C)[C@@H](C)C1. The van der Waals surface area contributed by atoms with E-state index in [1.165, 1.54) is 12.5 Å². The predicted octanol–water partition coefficient (Wildman–Crippen LogP) is 2.66. The van der Waals surface area contributed by atoms with E-state index >= 15 is 0 Å². The van der Waals surface area contributed by atoms with Gasteiger partial charge >= 0.3 is 5.97 Å². The van der Waals surface area contributed by atoms with Crippen molar-refractivity contribution >= 4 is 5.97 Å². The molecular weight excluding hydrogens is 268 g/mol. The van der Waals surface area contributed by atoms with Crippen molar-refractivity contribution in [3.05, 3.63) is 11.6 Å². The number of ether oxygens (including phenoxy) is 2. The first-order valence-corrected chi connectivity index (χ1v) is 8.02. The maximum Gasteiger partial charge on any atom is 0.303 e. The van der Waals surface area contributed by atoms with Gasteiger partial charge in [0.25, 0.3) is 0 Å². The summed E-state index contributed by atoms with van der Waals surface area (Å²) in [4.78, 5) is 11.2. The Labute approximate surface area is 126 Å². The first-order valence-electron chi connectivity index (χ1n) is 8.02. The molecule has 0 radical (unpaired) electrons. The van der Waals surface area contributed by atoms with E-state index < -0.39 is 5.79 Å². The number of hydrogen-bond donors (Lipinski definition) is 1. The number of esters is 1. The summed E-state index contributed by atoms with van der Waals surface area (Å²) in [6, 6.07) is 0. The average molecular weight is 294 g/mol. The summed E-state index contributed by atoms with van der Waals surface area (Å²) < 4.78 is 11.2. The zero-order valence-electron chi connectivity index (χ0n) is 13.4. The minimum atomic E-state index is -0.978. The highest BCUT2D eigenvalue weighted by atomic mass is 16.6. The first-order chi connectivity index (χ1) is 9.77. The van der Waals surface area contributed by atoms with Gasteiger partial charge < -0.3 is 14.6 Å². The van der Waals surface area contributed by atoms with E-state index in [4.69, 9.17) is 9.47 Å². The van der Waals surface area contributed by atoms with Crippen LogP contribution in [0.5, 0.6) is 0 Å². The summed E-state index contributed by atoms with van der Waals surface area (Å²) in [5.41, 5.74) is 1.26. The van der Waals surface area contributed by atoms with Gasteiger partial charge in [0.15, 0.2) is 5.79 Å². The van der Waals surface area contributed by atoms with E-state index in [0.29, 0.717) is 24.9 Å². The van der Waals surface area contributed by atoms with Crippen molar-refractivity contribution in [2.75, 3.05) is 6.61 Å². The summed E-state index contributed by atoms with van der Waals surface area (Å²) in [7, 11) is 0. The van der Waals surface area contributed by atoms with E-state index in [-0.39, 0.29) is 23.4 Å². The topological polar surface area (TPSA) is 55.8 Å². The molecule has 1 saturated heterocycles. The van der Waals surface area contributed by atoms with Crippen LogP contribution in [0, 0.1) is 23.2 Å². The van der Waals surface area contributed by atoms with Gasteiger partial charge in [-0.1, -0.05) is 26.3 Å². The molecule has 3 aliphatic rings. The van der Waals surface area contributed by atoms with E-state index in [2.05, 4.69) is 26.8 Å². The summed E-state index contributed by atoms with van der Waals surface area (Å²) >= 11 is 0. The van der Waals surface area contributed by atoms with Gasteiger partial charge in [0.2, 0.25) is 0 Å². The van der Waals surface area contributed by atoms with Crippen molar-refractivity contribution in [3.8, 4) is 0 Å². The second-order valence-electron chi connectivity index (χ2n) is 7.37. The summed E-state index contributed by atoms with van der Waals surface area (Å²) in [6.07, 6.45) is 4.29. The van der Waals surface area contributed by atoms with E-state index in [1.54, 1.807) is 0 Å². The molecule has 2 aliphatic carbocycles. The molecule has 0 aromatic rings. The molecule has 1 heterocycles. The lowest BCUT2D eigenvalue weighted by Crippen LogP contribution is -2.55. The van der Waals surface area contributed by atoms with Crippen LogP contribution in [0.4, 0.5) is 0 Å². The Morgan fingerprint density at radius 1 is 1.48 bits per heavy atom. The fourth-order valence-electron chi connectivity index (χ4n) is 5.04. The molecule has 4 heteroatoms. The van der Waals surface area contributed by atoms with Crippen molar-refractivity contribution < 1.29 is 19.4 Å². The molecule has 6 atom stereocenters. The summed E-state index contributed by atoms with van der Waals surface area (Å²) in [6.45, 7) is 8.73. The minimum Gasteiger partial charge on any atom is -0.458 e. The highest BCUT2D eigenvalue weighted by Crippen LogP contribution is 2.61. The van der Waals surface area contributed by atoms with Gasteiger partial charge in [-0.05, 0) is 36.2 Å². The molecule has 21 heavy (non-hydrogen) atoms. The van der Waals surface area contributed by atoms with Crippen molar-refractivity contribution in [1.82, 2.24) is 0 Å². The first kappa shape index (κ1) is 15.0. The number of carbonyl (C=O) groups is 1. The molecule has 0 spiro atoms. The normalized spacial score (nSPS) is 49.1. The third-order valence-corrected chi connectivity index (χ3v) is 6.06. The Hall–Kier alpha value is -0.870. The number of fused-ring (bicyclic) bond motifs is 3. The van der Waals surface area contributed by atoms with E-state index in [1.807, 2.05) is 0 Å². The van der Waals surface area contributed by atoms with Crippen molar-refractivity contribution in [2.24, 2.45) is 23.2 Å². The van der Waals surface area contributed by atoms with Gasteiger partial charge in [0.1, 0.15) is 6.10 Å². The zero-order valence-corrected chi connectivity index (χ0v) is 13.4.